The highest BCUT2D eigenvalue weighted by atomic mass is 16.3. The van der Waals surface area contributed by atoms with Gasteiger partial charge in [0.25, 0.3) is 5.91 Å². The molecule has 0 aliphatic carbocycles. The molecule has 4 rings (SSSR count). The topological polar surface area (TPSA) is 69.6 Å². The number of amides is 2. The van der Waals surface area contributed by atoms with Crippen LogP contribution in [-0.4, -0.2) is 41.5 Å². The van der Waals surface area contributed by atoms with Crippen LogP contribution in [0.3, 0.4) is 0 Å². The average Bonchev–Trinajstić information content (AvgIpc) is 2.82. The molecule has 1 fully saturated rings. The van der Waals surface area contributed by atoms with E-state index in [1.165, 1.54) is 0 Å². The van der Waals surface area contributed by atoms with Crippen molar-refractivity contribution in [1.82, 2.24) is 10.2 Å². The molecule has 2 unspecified atom stereocenters. The van der Waals surface area contributed by atoms with Crippen molar-refractivity contribution in [3.63, 3.8) is 0 Å². The molecule has 1 aliphatic rings. The Morgan fingerprint density at radius 3 is 2.57 bits per heavy atom. The predicted octanol–water partition coefficient (Wildman–Crippen LogP) is 3.54. The first-order chi connectivity index (χ1) is 14.6. The van der Waals surface area contributed by atoms with Crippen LogP contribution in [0.4, 0.5) is 0 Å². The van der Waals surface area contributed by atoms with Crippen molar-refractivity contribution in [1.29, 1.82) is 0 Å². The first-order valence-electron chi connectivity index (χ1n) is 10.4. The second-order valence-corrected chi connectivity index (χ2v) is 7.79. The maximum atomic E-state index is 13.2. The van der Waals surface area contributed by atoms with Crippen molar-refractivity contribution in [3.05, 3.63) is 83.9 Å². The van der Waals surface area contributed by atoms with Crippen LogP contribution >= 0.6 is 0 Å². The van der Waals surface area contributed by atoms with Crippen LogP contribution in [-0.2, 0) is 4.79 Å². The van der Waals surface area contributed by atoms with Crippen molar-refractivity contribution in [2.45, 2.75) is 18.9 Å². The fraction of sp³-hybridized carbons (Fsp3) is 0.280. The van der Waals surface area contributed by atoms with Crippen LogP contribution in [0.15, 0.2) is 72.8 Å². The van der Waals surface area contributed by atoms with Gasteiger partial charge in [0.2, 0.25) is 5.91 Å². The number of nitrogens with one attached hydrogen (secondary N) is 1. The van der Waals surface area contributed by atoms with Gasteiger partial charge in [-0.15, -0.1) is 0 Å². The number of carbonyl (C=O) groups is 2. The smallest absolute Gasteiger partial charge is 0.254 e. The number of likely N-dealkylation sites (tertiary alicyclic amines) is 1. The molecule has 0 spiro atoms. The largest absolute Gasteiger partial charge is 0.387 e. The van der Waals surface area contributed by atoms with Crippen LogP contribution in [0, 0.1) is 5.92 Å². The van der Waals surface area contributed by atoms with Crippen molar-refractivity contribution in [2.75, 3.05) is 19.6 Å². The van der Waals surface area contributed by atoms with Gasteiger partial charge in [0.15, 0.2) is 0 Å². The first-order valence-corrected chi connectivity index (χ1v) is 10.4. The zero-order valence-electron chi connectivity index (χ0n) is 16.8. The molecule has 1 saturated heterocycles. The standard InChI is InChI=1S/C25H26N2O3/c28-23(19-9-2-1-3-10-19)16-26-24(29)20-12-7-15-27(17-20)25(30)22-14-6-11-18-8-4-5-13-21(18)22/h1-6,8-11,13-14,20,23,28H,7,12,15-17H2,(H,26,29). The maximum absolute atomic E-state index is 13.2. The summed E-state index contributed by atoms with van der Waals surface area (Å²) < 4.78 is 0. The van der Waals surface area contributed by atoms with E-state index in [-0.39, 0.29) is 24.3 Å². The van der Waals surface area contributed by atoms with Gasteiger partial charge in [0.1, 0.15) is 0 Å². The molecule has 2 atom stereocenters. The van der Waals surface area contributed by atoms with E-state index in [0.717, 1.165) is 29.2 Å². The van der Waals surface area contributed by atoms with Gasteiger partial charge < -0.3 is 15.3 Å². The number of rotatable bonds is 5. The van der Waals surface area contributed by atoms with E-state index in [4.69, 9.17) is 0 Å². The summed E-state index contributed by atoms with van der Waals surface area (Å²) in [6.07, 6.45) is 0.787. The molecular weight excluding hydrogens is 376 g/mol. The summed E-state index contributed by atoms with van der Waals surface area (Å²) >= 11 is 0. The van der Waals surface area contributed by atoms with Crippen LogP contribution in [0.25, 0.3) is 10.8 Å². The Morgan fingerprint density at radius 2 is 1.73 bits per heavy atom. The van der Waals surface area contributed by atoms with Crippen LogP contribution in [0.1, 0.15) is 34.9 Å². The Labute approximate surface area is 176 Å². The molecule has 5 nitrogen and oxygen atoms in total. The second kappa shape index (κ2) is 9.09. The first kappa shape index (κ1) is 20.1. The quantitative estimate of drug-likeness (QED) is 0.686. The van der Waals surface area contributed by atoms with E-state index in [2.05, 4.69) is 5.32 Å². The lowest BCUT2D eigenvalue weighted by molar-refractivity contribution is -0.126. The summed E-state index contributed by atoms with van der Waals surface area (Å²) in [4.78, 5) is 27.7. The van der Waals surface area contributed by atoms with Gasteiger partial charge in [0.05, 0.1) is 12.0 Å². The molecule has 3 aromatic carbocycles. The molecule has 2 N–H and O–H groups in total. The Bertz CT molecular complexity index is 1030. The van der Waals surface area contributed by atoms with Crippen LogP contribution in [0.5, 0.6) is 0 Å². The maximum Gasteiger partial charge on any atom is 0.254 e. The van der Waals surface area contributed by atoms with E-state index in [1.54, 1.807) is 4.90 Å². The van der Waals surface area contributed by atoms with Gasteiger partial charge in [-0.1, -0.05) is 66.7 Å². The van der Waals surface area contributed by atoms with Crippen LogP contribution < -0.4 is 5.32 Å². The number of benzene rings is 3. The summed E-state index contributed by atoms with van der Waals surface area (Å²) in [5.41, 5.74) is 1.45. The molecule has 2 amide bonds. The Kier molecular flexibility index (Phi) is 6.10. The minimum atomic E-state index is -0.743. The summed E-state index contributed by atoms with van der Waals surface area (Å²) in [6, 6.07) is 22.9. The van der Waals surface area contributed by atoms with Crippen molar-refractivity contribution in [2.24, 2.45) is 5.92 Å². The average molecular weight is 402 g/mol. The monoisotopic (exact) mass is 402 g/mol. The van der Waals surface area contributed by atoms with E-state index in [9.17, 15) is 14.7 Å². The molecule has 0 radical (unpaired) electrons. The minimum Gasteiger partial charge on any atom is -0.387 e. The fourth-order valence-electron chi connectivity index (χ4n) is 4.09. The summed E-state index contributed by atoms with van der Waals surface area (Å²) in [5.74, 6) is -0.408. The lowest BCUT2D eigenvalue weighted by atomic mass is 9.95. The van der Waals surface area contributed by atoms with Crippen LogP contribution in [0.2, 0.25) is 0 Å². The molecule has 1 heterocycles. The second-order valence-electron chi connectivity index (χ2n) is 7.79. The van der Waals surface area contributed by atoms with E-state index >= 15 is 0 Å². The molecule has 154 valence electrons. The lowest BCUT2D eigenvalue weighted by Gasteiger charge is -2.32. The van der Waals surface area contributed by atoms with Crippen molar-refractivity contribution in [3.8, 4) is 0 Å². The number of fused-ring (bicyclic) bond motifs is 1. The molecule has 0 aromatic heterocycles. The summed E-state index contributed by atoms with van der Waals surface area (Å²) in [7, 11) is 0. The highest BCUT2D eigenvalue weighted by Crippen LogP contribution is 2.24. The van der Waals surface area contributed by atoms with E-state index in [1.807, 2.05) is 72.8 Å². The highest BCUT2D eigenvalue weighted by Gasteiger charge is 2.29. The number of aliphatic hydroxyl groups is 1. The van der Waals surface area contributed by atoms with E-state index < -0.39 is 6.10 Å². The number of hydrogen-bond acceptors (Lipinski definition) is 3. The molecule has 5 heteroatoms. The normalized spacial score (nSPS) is 17.5. The van der Waals surface area contributed by atoms with Crippen molar-refractivity contribution < 1.29 is 14.7 Å². The summed E-state index contributed by atoms with van der Waals surface area (Å²) in [5, 5.41) is 15.1. The lowest BCUT2D eigenvalue weighted by Crippen LogP contribution is -2.46. The number of carbonyl (C=O) groups excluding carboxylic acids is 2. The third kappa shape index (κ3) is 4.36. The molecule has 0 bridgehead atoms. The molecule has 3 aromatic rings. The minimum absolute atomic E-state index is 0.0337. The van der Waals surface area contributed by atoms with Crippen molar-refractivity contribution >= 4 is 22.6 Å². The van der Waals surface area contributed by atoms with Gasteiger partial charge >= 0.3 is 0 Å². The van der Waals surface area contributed by atoms with Gasteiger partial charge in [-0.2, -0.15) is 0 Å². The molecule has 30 heavy (non-hydrogen) atoms. The number of piperidine rings is 1. The number of aliphatic hydroxyl groups excluding tert-OH is 1. The summed E-state index contributed by atoms with van der Waals surface area (Å²) in [6.45, 7) is 1.21. The number of nitrogens with zero attached hydrogens (tertiary/aromatic N) is 1. The predicted molar refractivity (Wildman–Crippen MR) is 117 cm³/mol. The van der Waals surface area contributed by atoms with Gasteiger partial charge in [-0.3, -0.25) is 9.59 Å². The SMILES string of the molecule is O=C(NCC(O)c1ccccc1)C1CCCN(C(=O)c2cccc3ccccc23)C1. The van der Waals surface area contributed by atoms with Gasteiger partial charge in [0, 0.05) is 25.2 Å². The fourth-order valence-corrected chi connectivity index (χ4v) is 4.09. The molecule has 0 saturated carbocycles. The number of hydrogen-bond donors (Lipinski definition) is 2. The molecule has 1 aliphatic heterocycles. The zero-order chi connectivity index (χ0) is 20.9. The van der Waals surface area contributed by atoms with E-state index in [0.29, 0.717) is 18.7 Å². The Morgan fingerprint density at radius 1 is 1.00 bits per heavy atom. The highest BCUT2D eigenvalue weighted by molar-refractivity contribution is 6.07. The zero-order valence-corrected chi connectivity index (χ0v) is 16.8. The Hall–Kier alpha value is -3.18. The third-order valence-electron chi connectivity index (χ3n) is 5.75. The third-order valence-corrected chi connectivity index (χ3v) is 5.75. The van der Waals surface area contributed by atoms with Gasteiger partial charge in [-0.05, 0) is 35.2 Å². The molecular formula is C25H26N2O3. The van der Waals surface area contributed by atoms with Gasteiger partial charge in [-0.25, -0.2) is 0 Å². The Balaban J connectivity index is 1.40.